The number of hydrogen-bond acceptors (Lipinski definition) is 8. The highest BCUT2D eigenvalue weighted by Gasteiger charge is 2.33. The molecule has 0 aliphatic carbocycles. The SMILES string of the molecule is COc1ccccc1OCc1ccc(-c2nc3c4sc5nc(C(F)(F)F)cc(C)c5c4ncn3n2)o1. The molecule has 0 bridgehead atoms. The van der Waals surface area contributed by atoms with E-state index in [2.05, 4.69) is 20.1 Å². The average Bonchev–Trinajstić information content (AvgIpc) is 3.58. The van der Waals surface area contributed by atoms with E-state index in [0.29, 0.717) is 55.7 Å². The summed E-state index contributed by atoms with van der Waals surface area (Å²) in [6.45, 7) is 1.78. The molecule has 0 N–H and O–H groups in total. The highest BCUT2D eigenvalue weighted by atomic mass is 32.1. The fourth-order valence-electron chi connectivity index (χ4n) is 3.92. The first-order chi connectivity index (χ1) is 17.3. The van der Waals surface area contributed by atoms with Crippen LogP contribution in [0.15, 0.2) is 53.2 Å². The quantitative estimate of drug-likeness (QED) is 0.278. The Morgan fingerprint density at radius 1 is 1.08 bits per heavy atom. The molecule has 0 saturated heterocycles. The van der Waals surface area contributed by atoms with Crippen molar-refractivity contribution in [2.75, 3.05) is 7.11 Å². The molecular weight excluding hydrogens is 495 g/mol. The molecule has 6 aromatic rings. The zero-order valence-electron chi connectivity index (χ0n) is 18.8. The molecule has 0 unspecified atom stereocenters. The number of ether oxygens (including phenoxy) is 2. The van der Waals surface area contributed by atoms with Crippen molar-refractivity contribution in [1.29, 1.82) is 0 Å². The van der Waals surface area contributed by atoms with Gasteiger partial charge in [-0.15, -0.1) is 16.4 Å². The third kappa shape index (κ3) is 3.70. The van der Waals surface area contributed by atoms with Crippen LogP contribution in [-0.2, 0) is 12.8 Å². The summed E-state index contributed by atoms with van der Waals surface area (Å²) in [5, 5.41) is 5.01. The second-order valence-electron chi connectivity index (χ2n) is 7.94. The largest absolute Gasteiger partial charge is 0.493 e. The molecular formula is C24H16F3N5O3S. The number of benzene rings is 1. The molecule has 182 valence electrons. The third-order valence-corrected chi connectivity index (χ3v) is 6.64. The summed E-state index contributed by atoms with van der Waals surface area (Å²) in [5.41, 5.74) is 0.497. The summed E-state index contributed by atoms with van der Waals surface area (Å²) in [4.78, 5) is 13.1. The Hall–Kier alpha value is -4.19. The van der Waals surface area contributed by atoms with E-state index in [0.717, 1.165) is 17.4 Å². The fraction of sp³-hybridized carbons (Fsp3) is 0.167. The van der Waals surface area contributed by atoms with Crippen LogP contribution in [0.2, 0.25) is 0 Å². The van der Waals surface area contributed by atoms with Crippen molar-refractivity contribution >= 4 is 37.4 Å². The number of nitrogens with zero attached hydrogens (tertiary/aromatic N) is 5. The van der Waals surface area contributed by atoms with Crippen LogP contribution in [0.25, 0.3) is 37.7 Å². The van der Waals surface area contributed by atoms with Crippen LogP contribution in [0.1, 0.15) is 17.0 Å². The number of rotatable bonds is 5. The summed E-state index contributed by atoms with van der Waals surface area (Å²) < 4.78 is 58.8. The van der Waals surface area contributed by atoms with E-state index in [9.17, 15) is 13.2 Å². The Kier molecular flexibility index (Phi) is 5.07. The van der Waals surface area contributed by atoms with Crippen molar-refractivity contribution in [2.24, 2.45) is 0 Å². The van der Waals surface area contributed by atoms with Gasteiger partial charge in [0, 0.05) is 5.39 Å². The number of pyridine rings is 1. The van der Waals surface area contributed by atoms with Gasteiger partial charge >= 0.3 is 6.18 Å². The summed E-state index contributed by atoms with van der Waals surface area (Å²) in [6.07, 6.45) is -3.06. The van der Waals surface area contributed by atoms with E-state index >= 15 is 0 Å². The Morgan fingerprint density at radius 3 is 2.67 bits per heavy atom. The number of alkyl halides is 3. The van der Waals surface area contributed by atoms with Gasteiger partial charge in [0.2, 0.25) is 5.82 Å². The van der Waals surface area contributed by atoms with Crippen molar-refractivity contribution in [3.8, 4) is 23.1 Å². The van der Waals surface area contributed by atoms with Crippen LogP contribution in [0, 0.1) is 6.92 Å². The maximum Gasteiger partial charge on any atom is 0.433 e. The molecule has 0 saturated carbocycles. The van der Waals surface area contributed by atoms with Gasteiger partial charge in [-0.2, -0.15) is 13.2 Å². The van der Waals surface area contributed by atoms with Gasteiger partial charge in [-0.1, -0.05) is 12.1 Å². The minimum Gasteiger partial charge on any atom is -0.493 e. The molecule has 5 aromatic heterocycles. The Balaban J connectivity index is 1.35. The number of aryl methyl sites for hydroxylation is 1. The lowest BCUT2D eigenvalue weighted by Gasteiger charge is -2.08. The number of halogens is 3. The zero-order chi connectivity index (χ0) is 25.0. The molecule has 0 fully saturated rings. The predicted molar refractivity (Wildman–Crippen MR) is 126 cm³/mol. The summed E-state index contributed by atoms with van der Waals surface area (Å²) >= 11 is 1.10. The van der Waals surface area contributed by atoms with E-state index in [1.807, 2.05) is 12.1 Å². The molecule has 0 atom stereocenters. The van der Waals surface area contributed by atoms with E-state index in [1.165, 1.54) is 10.8 Å². The molecule has 1 aromatic carbocycles. The van der Waals surface area contributed by atoms with Crippen LogP contribution in [0.4, 0.5) is 13.2 Å². The highest BCUT2D eigenvalue weighted by Crippen LogP contribution is 2.39. The van der Waals surface area contributed by atoms with Crippen molar-refractivity contribution < 1.29 is 27.1 Å². The average molecular weight is 511 g/mol. The van der Waals surface area contributed by atoms with Gasteiger partial charge in [0.25, 0.3) is 0 Å². The number of methoxy groups -OCH3 is 1. The number of thiophene rings is 1. The van der Waals surface area contributed by atoms with Crippen LogP contribution in [-0.4, -0.2) is 31.7 Å². The second-order valence-corrected chi connectivity index (χ2v) is 8.93. The maximum atomic E-state index is 13.3. The minimum atomic E-state index is -4.54. The predicted octanol–water partition coefficient (Wildman–Crippen LogP) is 6.06. The summed E-state index contributed by atoms with van der Waals surface area (Å²) in [7, 11) is 1.57. The first-order valence-electron chi connectivity index (χ1n) is 10.7. The number of aromatic nitrogens is 5. The lowest BCUT2D eigenvalue weighted by molar-refractivity contribution is -0.141. The van der Waals surface area contributed by atoms with Gasteiger partial charge in [-0.25, -0.2) is 19.5 Å². The van der Waals surface area contributed by atoms with Gasteiger partial charge in [-0.05, 0) is 42.8 Å². The number of hydrogen-bond donors (Lipinski definition) is 0. The van der Waals surface area contributed by atoms with E-state index in [-0.39, 0.29) is 11.4 Å². The Labute approximate surface area is 204 Å². The van der Waals surface area contributed by atoms with Gasteiger partial charge in [-0.3, -0.25) is 0 Å². The van der Waals surface area contributed by atoms with Gasteiger partial charge in [0.15, 0.2) is 22.9 Å². The topological polar surface area (TPSA) is 87.6 Å². The molecule has 0 aliphatic heterocycles. The lowest BCUT2D eigenvalue weighted by Crippen LogP contribution is -2.07. The summed E-state index contributed by atoms with van der Waals surface area (Å²) in [5.74, 6) is 2.48. The van der Waals surface area contributed by atoms with E-state index in [4.69, 9.17) is 13.9 Å². The zero-order valence-corrected chi connectivity index (χ0v) is 19.6. The standard InChI is InChI=1S/C24H16F3N5O3S/c1-12-9-17(24(25,26)27)29-23-18(12)19-20(36-23)22-30-21(31-32(22)11-28-19)16-8-7-13(35-16)10-34-15-6-4-3-5-14(15)33-2/h3-9,11H,10H2,1-2H3. The molecule has 8 nitrogen and oxygen atoms in total. The van der Waals surface area contributed by atoms with Gasteiger partial charge in [0.05, 0.1) is 12.6 Å². The highest BCUT2D eigenvalue weighted by molar-refractivity contribution is 7.26. The lowest BCUT2D eigenvalue weighted by atomic mass is 10.1. The first kappa shape index (κ1) is 22.3. The molecule has 0 amide bonds. The maximum absolute atomic E-state index is 13.3. The van der Waals surface area contributed by atoms with Crippen molar-refractivity contribution in [2.45, 2.75) is 19.7 Å². The number of para-hydroxylation sites is 2. The normalized spacial score (nSPS) is 12.1. The van der Waals surface area contributed by atoms with Crippen molar-refractivity contribution in [3.05, 3.63) is 65.8 Å². The molecule has 12 heteroatoms. The van der Waals surface area contributed by atoms with Crippen molar-refractivity contribution in [1.82, 2.24) is 24.6 Å². The van der Waals surface area contributed by atoms with Crippen molar-refractivity contribution in [3.63, 3.8) is 0 Å². The Bertz CT molecular complexity index is 1760. The molecule has 6 rings (SSSR count). The molecule has 0 radical (unpaired) electrons. The smallest absolute Gasteiger partial charge is 0.433 e. The molecule has 0 spiro atoms. The van der Waals surface area contributed by atoms with E-state index in [1.54, 1.807) is 38.3 Å². The summed E-state index contributed by atoms with van der Waals surface area (Å²) in [6, 6.07) is 11.8. The monoisotopic (exact) mass is 511 g/mol. The number of furan rings is 1. The van der Waals surface area contributed by atoms with Crippen LogP contribution in [0.5, 0.6) is 11.5 Å². The van der Waals surface area contributed by atoms with Crippen LogP contribution >= 0.6 is 11.3 Å². The second kappa shape index (κ2) is 8.19. The van der Waals surface area contributed by atoms with Gasteiger partial charge in [0.1, 0.15) is 33.9 Å². The van der Waals surface area contributed by atoms with Crippen LogP contribution in [0.3, 0.4) is 0 Å². The number of fused-ring (bicyclic) bond motifs is 5. The first-order valence-corrected chi connectivity index (χ1v) is 11.5. The Morgan fingerprint density at radius 2 is 1.89 bits per heavy atom. The molecule has 5 heterocycles. The van der Waals surface area contributed by atoms with Crippen LogP contribution < -0.4 is 9.47 Å². The third-order valence-electron chi connectivity index (χ3n) is 5.58. The van der Waals surface area contributed by atoms with E-state index < -0.39 is 11.9 Å². The van der Waals surface area contributed by atoms with Gasteiger partial charge < -0.3 is 13.9 Å². The fourth-order valence-corrected chi connectivity index (χ4v) is 5.10. The minimum absolute atomic E-state index is 0.169. The molecule has 0 aliphatic rings. The molecule has 36 heavy (non-hydrogen) atoms.